The van der Waals surface area contributed by atoms with Gasteiger partial charge in [0.25, 0.3) is 5.56 Å². The summed E-state index contributed by atoms with van der Waals surface area (Å²) >= 11 is 0. The standard InChI is InChI=1S/C19H25FN4O3/c1-3-5-12-24-17(21)16(18(26)22-19(24)27)23(4-2)15(25)11-8-13-6-9-14(20)10-7-13/h6-7,9-10H,3-5,8,11-12,21H2,1-2H3,(H,22,26,27). The fourth-order valence-electron chi connectivity index (χ4n) is 2.87. The zero-order valence-electron chi connectivity index (χ0n) is 15.6. The Hall–Kier alpha value is -2.90. The normalized spacial score (nSPS) is 10.8. The van der Waals surface area contributed by atoms with Gasteiger partial charge < -0.3 is 10.6 Å². The molecule has 0 aliphatic rings. The second-order valence-electron chi connectivity index (χ2n) is 6.26. The Morgan fingerprint density at radius 2 is 1.89 bits per heavy atom. The van der Waals surface area contributed by atoms with Crippen molar-refractivity contribution >= 4 is 17.4 Å². The summed E-state index contributed by atoms with van der Waals surface area (Å²) in [4.78, 5) is 40.6. The summed E-state index contributed by atoms with van der Waals surface area (Å²) in [5.41, 5.74) is 5.63. The first-order chi connectivity index (χ1) is 12.9. The van der Waals surface area contributed by atoms with Crippen molar-refractivity contribution in [1.82, 2.24) is 9.55 Å². The summed E-state index contributed by atoms with van der Waals surface area (Å²) in [6, 6.07) is 5.91. The number of nitrogens with one attached hydrogen (secondary N) is 1. The van der Waals surface area contributed by atoms with Crippen LogP contribution in [0.25, 0.3) is 0 Å². The predicted molar refractivity (Wildman–Crippen MR) is 103 cm³/mol. The Morgan fingerprint density at radius 1 is 1.22 bits per heavy atom. The number of aromatic amines is 1. The number of unbranched alkanes of at least 4 members (excludes halogenated alkanes) is 1. The molecule has 0 aliphatic heterocycles. The summed E-state index contributed by atoms with van der Waals surface area (Å²) in [5.74, 6) is -0.636. The predicted octanol–water partition coefficient (Wildman–Crippen LogP) is 2.04. The van der Waals surface area contributed by atoms with Gasteiger partial charge >= 0.3 is 5.69 Å². The van der Waals surface area contributed by atoms with E-state index in [2.05, 4.69) is 4.98 Å². The van der Waals surface area contributed by atoms with Crippen LogP contribution in [-0.2, 0) is 17.8 Å². The molecular weight excluding hydrogens is 351 g/mol. The van der Waals surface area contributed by atoms with E-state index in [1.165, 1.54) is 21.6 Å². The molecule has 1 heterocycles. The molecule has 1 amide bonds. The lowest BCUT2D eigenvalue weighted by Gasteiger charge is -2.23. The monoisotopic (exact) mass is 376 g/mol. The number of halogens is 1. The molecule has 0 spiro atoms. The van der Waals surface area contributed by atoms with Gasteiger partial charge in [-0.3, -0.25) is 19.1 Å². The van der Waals surface area contributed by atoms with Crippen LogP contribution in [0, 0.1) is 5.82 Å². The van der Waals surface area contributed by atoms with Crippen LogP contribution in [0.15, 0.2) is 33.9 Å². The van der Waals surface area contributed by atoms with Gasteiger partial charge in [-0.15, -0.1) is 0 Å². The average Bonchev–Trinajstić information content (AvgIpc) is 2.64. The van der Waals surface area contributed by atoms with Gasteiger partial charge in [-0.2, -0.15) is 0 Å². The van der Waals surface area contributed by atoms with Gasteiger partial charge in [0.15, 0.2) is 5.69 Å². The smallest absolute Gasteiger partial charge is 0.330 e. The van der Waals surface area contributed by atoms with E-state index in [1.54, 1.807) is 19.1 Å². The number of aryl methyl sites for hydroxylation is 1. The number of aromatic nitrogens is 2. The van der Waals surface area contributed by atoms with E-state index < -0.39 is 11.2 Å². The number of nitrogens with two attached hydrogens (primary N) is 1. The molecule has 3 N–H and O–H groups in total. The first kappa shape index (κ1) is 20.4. The minimum Gasteiger partial charge on any atom is -0.383 e. The number of carbonyl (C=O) groups excluding carboxylic acids is 1. The minimum atomic E-state index is -0.678. The van der Waals surface area contributed by atoms with Crippen LogP contribution in [0.4, 0.5) is 15.9 Å². The van der Waals surface area contributed by atoms with E-state index in [0.717, 1.165) is 18.4 Å². The lowest BCUT2D eigenvalue weighted by molar-refractivity contribution is -0.118. The zero-order valence-corrected chi connectivity index (χ0v) is 15.6. The van der Waals surface area contributed by atoms with Crippen LogP contribution in [0.5, 0.6) is 0 Å². The van der Waals surface area contributed by atoms with Crippen LogP contribution in [0.2, 0.25) is 0 Å². The van der Waals surface area contributed by atoms with E-state index >= 15 is 0 Å². The van der Waals surface area contributed by atoms with Crippen LogP contribution < -0.4 is 21.9 Å². The highest BCUT2D eigenvalue weighted by molar-refractivity contribution is 5.95. The van der Waals surface area contributed by atoms with E-state index in [4.69, 9.17) is 5.73 Å². The van der Waals surface area contributed by atoms with Crippen LogP contribution in [0.3, 0.4) is 0 Å². The van der Waals surface area contributed by atoms with E-state index in [9.17, 15) is 18.8 Å². The van der Waals surface area contributed by atoms with Crippen molar-refractivity contribution in [2.75, 3.05) is 17.2 Å². The van der Waals surface area contributed by atoms with Gasteiger partial charge in [-0.1, -0.05) is 25.5 Å². The third-order valence-electron chi connectivity index (χ3n) is 4.38. The SMILES string of the molecule is CCCCn1c(N)c(N(CC)C(=O)CCc2ccc(F)cc2)c(=O)[nH]c1=O. The first-order valence-electron chi connectivity index (χ1n) is 9.06. The molecule has 2 aromatic rings. The van der Waals surface area contributed by atoms with Gasteiger partial charge in [0.2, 0.25) is 5.91 Å². The highest BCUT2D eigenvalue weighted by atomic mass is 19.1. The van der Waals surface area contributed by atoms with E-state index in [1.807, 2.05) is 6.92 Å². The van der Waals surface area contributed by atoms with Crippen molar-refractivity contribution in [3.05, 3.63) is 56.5 Å². The Kier molecular flexibility index (Phi) is 6.92. The number of hydrogen-bond donors (Lipinski definition) is 2. The molecule has 0 aliphatic carbocycles. The molecule has 0 bridgehead atoms. The Bertz CT molecular complexity index is 903. The van der Waals surface area contributed by atoms with Crippen LogP contribution >= 0.6 is 0 Å². The topological polar surface area (TPSA) is 101 Å². The lowest BCUT2D eigenvalue weighted by Crippen LogP contribution is -2.41. The number of benzene rings is 1. The lowest BCUT2D eigenvalue weighted by atomic mass is 10.1. The molecular formula is C19H25FN4O3. The molecule has 0 unspecified atom stereocenters. The fourth-order valence-corrected chi connectivity index (χ4v) is 2.87. The third kappa shape index (κ3) is 4.84. The largest absolute Gasteiger partial charge is 0.383 e. The number of carbonyl (C=O) groups is 1. The number of anilines is 2. The number of hydrogen-bond acceptors (Lipinski definition) is 4. The average molecular weight is 376 g/mol. The summed E-state index contributed by atoms with van der Waals surface area (Å²) < 4.78 is 14.3. The molecule has 1 aromatic carbocycles. The number of amides is 1. The van der Waals surface area contributed by atoms with E-state index in [0.29, 0.717) is 13.0 Å². The summed E-state index contributed by atoms with van der Waals surface area (Å²) in [7, 11) is 0. The number of nitrogens with zero attached hydrogens (tertiary/aromatic N) is 2. The Balaban J connectivity index is 2.27. The molecule has 0 saturated carbocycles. The van der Waals surface area contributed by atoms with Gasteiger partial charge in [0.1, 0.15) is 11.6 Å². The maximum absolute atomic E-state index is 13.0. The Morgan fingerprint density at radius 3 is 2.48 bits per heavy atom. The molecule has 0 atom stereocenters. The van der Waals surface area contributed by atoms with Gasteiger partial charge in [-0.05, 0) is 37.5 Å². The molecule has 1 aromatic heterocycles. The van der Waals surface area contributed by atoms with Gasteiger partial charge in [0, 0.05) is 19.5 Å². The summed E-state index contributed by atoms with van der Waals surface area (Å²) in [5, 5.41) is 0. The zero-order chi connectivity index (χ0) is 20.0. The number of rotatable bonds is 8. The number of nitrogen functional groups attached to an aromatic ring is 1. The highest BCUT2D eigenvalue weighted by Crippen LogP contribution is 2.18. The molecule has 0 radical (unpaired) electrons. The van der Waals surface area contributed by atoms with Gasteiger partial charge in [0.05, 0.1) is 0 Å². The van der Waals surface area contributed by atoms with Crippen molar-refractivity contribution in [1.29, 1.82) is 0 Å². The minimum absolute atomic E-state index is 0.00249. The highest BCUT2D eigenvalue weighted by Gasteiger charge is 2.22. The fraction of sp³-hybridized carbons (Fsp3) is 0.421. The van der Waals surface area contributed by atoms with Crippen molar-refractivity contribution in [2.24, 2.45) is 0 Å². The van der Waals surface area contributed by atoms with Crippen molar-refractivity contribution in [3.63, 3.8) is 0 Å². The maximum Gasteiger partial charge on any atom is 0.330 e. The van der Waals surface area contributed by atoms with Crippen molar-refractivity contribution < 1.29 is 9.18 Å². The van der Waals surface area contributed by atoms with Crippen molar-refractivity contribution in [3.8, 4) is 0 Å². The molecule has 27 heavy (non-hydrogen) atoms. The van der Waals surface area contributed by atoms with Crippen LogP contribution in [-0.4, -0.2) is 22.0 Å². The number of H-pyrrole nitrogens is 1. The summed E-state index contributed by atoms with van der Waals surface area (Å²) in [6.45, 7) is 4.31. The molecule has 0 fully saturated rings. The van der Waals surface area contributed by atoms with Crippen LogP contribution in [0.1, 0.15) is 38.7 Å². The second-order valence-corrected chi connectivity index (χ2v) is 6.26. The first-order valence-corrected chi connectivity index (χ1v) is 9.06. The molecule has 146 valence electrons. The second kappa shape index (κ2) is 9.16. The molecule has 2 rings (SSSR count). The molecule has 8 heteroatoms. The molecule has 7 nitrogen and oxygen atoms in total. The maximum atomic E-state index is 13.0. The Labute approximate surface area is 156 Å². The van der Waals surface area contributed by atoms with Gasteiger partial charge in [-0.25, -0.2) is 9.18 Å². The molecule has 0 saturated heterocycles. The quantitative estimate of drug-likeness (QED) is 0.736. The summed E-state index contributed by atoms with van der Waals surface area (Å²) in [6.07, 6.45) is 2.12. The van der Waals surface area contributed by atoms with E-state index in [-0.39, 0.29) is 36.2 Å². The third-order valence-corrected chi connectivity index (χ3v) is 4.38. The van der Waals surface area contributed by atoms with Crippen molar-refractivity contribution in [2.45, 2.75) is 46.1 Å².